The molecule has 2 aliphatic heterocycles. The van der Waals surface area contributed by atoms with Crippen molar-refractivity contribution in [2.75, 3.05) is 19.4 Å². The molecule has 0 saturated heterocycles. The van der Waals surface area contributed by atoms with Crippen LogP contribution in [0.2, 0.25) is 0 Å². The molecule has 6 nitrogen and oxygen atoms in total. The molecule has 0 saturated carbocycles. The van der Waals surface area contributed by atoms with E-state index in [1.807, 2.05) is 12.1 Å². The van der Waals surface area contributed by atoms with Crippen molar-refractivity contribution < 1.29 is 14.3 Å². The fraction of sp³-hybridized carbons (Fsp3) is 0.300. The van der Waals surface area contributed by atoms with Gasteiger partial charge in [-0.15, -0.1) is 0 Å². The molecule has 6 heteroatoms. The van der Waals surface area contributed by atoms with Gasteiger partial charge in [-0.05, 0) is 32.0 Å². The average molecular weight is 351 g/mol. The first-order valence-corrected chi connectivity index (χ1v) is 8.42. The van der Waals surface area contributed by atoms with Gasteiger partial charge in [-0.25, -0.2) is 4.79 Å². The molecule has 0 aromatic heterocycles. The number of benzene rings is 1. The Balaban J connectivity index is 2.01. The van der Waals surface area contributed by atoms with E-state index in [0.29, 0.717) is 22.5 Å². The van der Waals surface area contributed by atoms with Gasteiger partial charge in [0.1, 0.15) is 6.04 Å². The summed E-state index contributed by atoms with van der Waals surface area (Å²) in [6.07, 6.45) is 1.68. The van der Waals surface area contributed by atoms with Gasteiger partial charge in [-0.3, -0.25) is 4.79 Å². The van der Waals surface area contributed by atoms with Crippen LogP contribution in [0.5, 0.6) is 0 Å². The van der Waals surface area contributed by atoms with Crippen molar-refractivity contribution in [2.45, 2.75) is 19.9 Å². The summed E-state index contributed by atoms with van der Waals surface area (Å²) in [4.78, 5) is 26.4. The topological polar surface area (TPSA) is 84.7 Å². The van der Waals surface area contributed by atoms with Crippen LogP contribution < -0.4 is 11.1 Å². The van der Waals surface area contributed by atoms with Crippen LogP contribution in [-0.4, -0.2) is 36.5 Å². The van der Waals surface area contributed by atoms with Gasteiger partial charge in [-0.1, -0.05) is 17.9 Å². The smallest absolute Gasteiger partial charge is 0.336 e. The first-order valence-electron chi connectivity index (χ1n) is 8.42. The maximum absolute atomic E-state index is 12.5. The van der Waals surface area contributed by atoms with Crippen molar-refractivity contribution in [1.82, 2.24) is 10.2 Å². The third-order valence-electron chi connectivity index (χ3n) is 4.43. The summed E-state index contributed by atoms with van der Waals surface area (Å²) in [7, 11) is 1.68. The van der Waals surface area contributed by atoms with E-state index in [2.05, 4.69) is 17.2 Å². The number of nitrogens with zero attached hydrogens (tertiary/aromatic N) is 1. The summed E-state index contributed by atoms with van der Waals surface area (Å²) < 4.78 is 5.18. The maximum Gasteiger partial charge on any atom is 0.336 e. The number of fused-ring (bicyclic) bond motifs is 1. The highest BCUT2D eigenvalue weighted by molar-refractivity contribution is 5.97. The molecule has 2 atom stereocenters. The molecule has 2 heterocycles. The Hall–Kier alpha value is -3.20. The number of nitrogen functional groups attached to an aromatic ring is 1. The quantitative estimate of drug-likeness (QED) is 0.478. The Morgan fingerprint density at radius 2 is 2.15 bits per heavy atom. The zero-order chi connectivity index (χ0) is 18.8. The number of esters is 1. The fourth-order valence-corrected chi connectivity index (χ4v) is 3.27. The van der Waals surface area contributed by atoms with Crippen molar-refractivity contribution in [3.63, 3.8) is 0 Å². The Morgan fingerprint density at radius 3 is 2.85 bits per heavy atom. The molecule has 26 heavy (non-hydrogen) atoms. The minimum Gasteiger partial charge on any atom is -0.463 e. The van der Waals surface area contributed by atoms with Gasteiger partial charge >= 0.3 is 5.97 Å². The Kier molecular flexibility index (Phi) is 4.72. The number of carbonyl (C=O) groups excluding carboxylic acids is 2. The molecule has 0 fully saturated rings. The van der Waals surface area contributed by atoms with Gasteiger partial charge < -0.3 is 20.7 Å². The number of likely N-dealkylation sites (N-methyl/N-ethyl adjacent to an activating group) is 1. The maximum atomic E-state index is 12.5. The molecule has 0 bridgehead atoms. The van der Waals surface area contributed by atoms with Crippen LogP contribution in [0.25, 0.3) is 0 Å². The van der Waals surface area contributed by atoms with Crippen molar-refractivity contribution in [1.29, 1.82) is 0 Å². The second-order valence-electron chi connectivity index (χ2n) is 6.27. The number of anilines is 1. The minimum absolute atomic E-state index is 0.108. The SMILES string of the molecule is CCOC(=O)C1=C(C)NC2C(=O)N(C)C=C(C#Cc3cccc(N)c3)C12. The van der Waals surface area contributed by atoms with E-state index >= 15 is 0 Å². The van der Waals surface area contributed by atoms with E-state index in [-0.39, 0.29) is 12.5 Å². The Labute approximate surface area is 152 Å². The number of rotatable bonds is 2. The predicted octanol–water partition coefficient (Wildman–Crippen LogP) is 1.40. The van der Waals surface area contributed by atoms with Gasteiger partial charge in [-0.2, -0.15) is 0 Å². The number of nitrogens with two attached hydrogens (primary N) is 1. The van der Waals surface area contributed by atoms with Crippen molar-refractivity contribution in [3.8, 4) is 11.8 Å². The molecule has 0 aliphatic carbocycles. The summed E-state index contributed by atoms with van der Waals surface area (Å²) >= 11 is 0. The van der Waals surface area contributed by atoms with E-state index in [4.69, 9.17) is 10.5 Å². The highest BCUT2D eigenvalue weighted by Crippen LogP contribution is 2.36. The summed E-state index contributed by atoms with van der Waals surface area (Å²) in [5.74, 6) is 5.21. The second kappa shape index (κ2) is 6.96. The minimum atomic E-state index is -0.547. The van der Waals surface area contributed by atoms with Gasteiger partial charge in [0.15, 0.2) is 0 Å². The molecule has 2 unspecified atom stereocenters. The monoisotopic (exact) mass is 351 g/mol. The molecule has 134 valence electrons. The van der Waals surface area contributed by atoms with E-state index in [1.54, 1.807) is 39.2 Å². The van der Waals surface area contributed by atoms with Crippen LogP contribution in [0.4, 0.5) is 5.69 Å². The number of allylic oxidation sites excluding steroid dienone is 1. The molecule has 1 aromatic carbocycles. The van der Waals surface area contributed by atoms with E-state index in [1.165, 1.54) is 4.90 Å². The van der Waals surface area contributed by atoms with E-state index in [0.717, 1.165) is 5.56 Å². The van der Waals surface area contributed by atoms with E-state index < -0.39 is 17.9 Å². The summed E-state index contributed by atoms with van der Waals surface area (Å²) in [5.41, 5.74) is 8.99. The molecular formula is C20H21N3O3. The fourth-order valence-electron chi connectivity index (χ4n) is 3.27. The van der Waals surface area contributed by atoms with Gasteiger partial charge in [0.05, 0.1) is 18.1 Å². The van der Waals surface area contributed by atoms with Crippen molar-refractivity contribution in [2.24, 2.45) is 5.92 Å². The van der Waals surface area contributed by atoms with Crippen LogP contribution in [0.3, 0.4) is 0 Å². The van der Waals surface area contributed by atoms with Gasteiger partial charge in [0.2, 0.25) is 5.91 Å². The van der Waals surface area contributed by atoms with E-state index in [9.17, 15) is 9.59 Å². The van der Waals surface area contributed by atoms with Gasteiger partial charge in [0.25, 0.3) is 0 Å². The Bertz CT molecular complexity index is 889. The van der Waals surface area contributed by atoms with Crippen LogP contribution in [0, 0.1) is 17.8 Å². The normalized spacial score (nSPS) is 21.4. The lowest BCUT2D eigenvalue weighted by Gasteiger charge is -2.30. The number of amides is 1. The number of hydrogen-bond acceptors (Lipinski definition) is 5. The summed E-state index contributed by atoms with van der Waals surface area (Å²) in [5, 5.41) is 3.12. The summed E-state index contributed by atoms with van der Waals surface area (Å²) in [6.45, 7) is 3.81. The lowest BCUT2D eigenvalue weighted by atomic mass is 9.84. The number of carbonyl (C=O) groups is 2. The summed E-state index contributed by atoms with van der Waals surface area (Å²) in [6, 6.07) is 6.72. The lowest BCUT2D eigenvalue weighted by molar-refractivity contribution is -0.139. The second-order valence-corrected chi connectivity index (χ2v) is 6.27. The average Bonchev–Trinajstić information content (AvgIpc) is 2.95. The van der Waals surface area contributed by atoms with Crippen LogP contribution in [0.15, 0.2) is 47.3 Å². The highest BCUT2D eigenvalue weighted by Gasteiger charge is 2.46. The molecule has 3 N–H and O–H groups in total. The molecule has 0 spiro atoms. The number of hydrogen-bond donors (Lipinski definition) is 2. The lowest BCUT2D eigenvalue weighted by Crippen LogP contribution is -2.47. The predicted molar refractivity (Wildman–Crippen MR) is 98.3 cm³/mol. The van der Waals surface area contributed by atoms with Crippen LogP contribution in [-0.2, 0) is 14.3 Å². The van der Waals surface area contributed by atoms with Crippen LogP contribution >= 0.6 is 0 Å². The third-order valence-corrected chi connectivity index (χ3v) is 4.43. The highest BCUT2D eigenvalue weighted by atomic mass is 16.5. The van der Waals surface area contributed by atoms with Crippen LogP contribution in [0.1, 0.15) is 19.4 Å². The number of nitrogens with one attached hydrogen (secondary N) is 1. The molecule has 0 radical (unpaired) electrons. The molecular weight excluding hydrogens is 330 g/mol. The largest absolute Gasteiger partial charge is 0.463 e. The zero-order valence-electron chi connectivity index (χ0n) is 15.0. The number of ether oxygens (including phenoxy) is 1. The first-order chi connectivity index (χ1) is 12.4. The standard InChI is InChI=1S/C20H21N3O3/c1-4-26-20(25)16-12(2)22-18-17(16)14(11-23(3)19(18)24)9-8-13-6-5-7-15(21)10-13/h5-7,10-11,17-18,22H,4,21H2,1-3H3. The van der Waals surface area contributed by atoms with Gasteiger partial charge in [0, 0.05) is 35.8 Å². The van der Waals surface area contributed by atoms with Crippen molar-refractivity contribution in [3.05, 3.63) is 52.9 Å². The molecule has 1 aromatic rings. The molecule has 3 rings (SSSR count). The molecule has 1 amide bonds. The Morgan fingerprint density at radius 1 is 1.38 bits per heavy atom. The van der Waals surface area contributed by atoms with Crippen molar-refractivity contribution >= 4 is 17.6 Å². The third kappa shape index (κ3) is 3.16. The first kappa shape index (κ1) is 17.6. The molecule has 2 aliphatic rings. The zero-order valence-corrected chi connectivity index (χ0v) is 15.0.